The lowest BCUT2D eigenvalue weighted by Crippen LogP contribution is -2.05. The van der Waals surface area contributed by atoms with Crippen molar-refractivity contribution in [1.82, 2.24) is 9.61 Å². The van der Waals surface area contributed by atoms with Crippen LogP contribution in [0.15, 0.2) is 60.7 Å². The van der Waals surface area contributed by atoms with Gasteiger partial charge in [-0.25, -0.2) is 4.52 Å². The van der Waals surface area contributed by atoms with Gasteiger partial charge in [-0.05, 0) is 43.7 Å². The van der Waals surface area contributed by atoms with Gasteiger partial charge in [0.15, 0.2) is 0 Å². The molecule has 0 aliphatic heterocycles. The number of alkyl halides is 3. The Morgan fingerprint density at radius 2 is 1.61 bits per heavy atom. The maximum absolute atomic E-state index is 13.2. The molecule has 0 radical (unpaired) electrons. The summed E-state index contributed by atoms with van der Waals surface area (Å²) in [6.07, 6.45) is -4.42. The molecule has 0 bridgehead atoms. The molecule has 2 aromatic heterocycles. The minimum atomic E-state index is -4.42. The van der Waals surface area contributed by atoms with Crippen LogP contribution in [-0.2, 0) is 6.18 Å². The SMILES string of the molecule is Cc1ccc(-c2c(C)nn3c(-c4cccc(C(F)(F)F)c4)cc(Cl)cc23)cc1. The van der Waals surface area contributed by atoms with Crippen molar-refractivity contribution in [2.75, 3.05) is 0 Å². The van der Waals surface area contributed by atoms with E-state index in [-0.39, 0.29) is 0 Å². The second kappa shape index (κ2) is 6.67. The Bertz CT molecular complexity index is 1180. The molecular weight excluding hydrogens is 385 g/mol. The fourth-order valence-corrected chi connectivity index (χ4v) is 3.57. The average molecular weight is 401 g/mol. The maximum Gasteiger partial charge on any atom is 0.416 e. The second-order valence-corrected chi connectivity index (χ2v) is 7.20. The fourth-order valence-electron chi connectivity index (χ4n) is 3.36. The van der Waals surface area contributed by atoms with Crippen molar-refractivity contribution in [1.29, 1.82) is 0 Å². The molecule has 0 amide bonds. The Morgan fingerprint density at radius 3 is 2.29 bits per heavy atom. The minimum absolute atomic E-state index is 0.403. The van der Waals surface area contributed by atoms with Gasteiger partial charge in [0.1, 0.15) is 0 Å². The lowest BCUT2D eigenvalue weighted by Gasteiger charge is -2.11. The Balaban J connectivity index is 1.97. The minimum Gasteiger partial charge on any atom is -0.232 e. The molecule has 142 valence electrons. The average Bonchev–Trinajstić information content (AvgIpc) is 2.97. The van der Waals surface area contributed by atoms with Crippen molar-refractivity contribution in [3.8, 4) is 22.4 Å². The van der Waals surface area contributed by atoms with Crippen LogP contribution in [-0.4, -0.2) is 9.61 Å². The predicted octanol–water partition coefficient (Wildman–Crippen LogP) is 6.96. The molecule has 0 N–H and O–H groups in total. The largest absolute Gasteiger partial charge is 0.416 e. The van der Waals surface area contributed by atoms with E-state index < -0.39 is 11.7 Å². The van der Waals surface area contributed by atoms with Gasteiger partial charge in [-0.1, -0.05) is 53.6 Å². The van der Waals surface area contributed by atoms with E-state index in [1.165, 1.54) is 6.07 Å². The summed E-state index contributed by atoms with van der Waals surface area (Å²) in [5, 5.41) is 5.04. The zero-order chi connectivity index (χ0) is 20.1. The van der Waals surface area contributed by atoms with Crippen molar-refractivity contribution in [3.05, 3.63) is 82.5 Å². The molecule has 0 fully saturated rings. The molecule has 2 heterocycles. The summed E-state index contributed by atoms with van der Waals surface area (Å²) in [6.45, 7) is 3.89. The van der Waals surface area contributed by atoms with Gasteiger partial charge in [-0.15, -0.1) is 0 Å². The van der Waals surface area contributed by atoms with Crippen molar-refractivity contribution in [2.24, 2.45) is 0 Å². The molecule has 0 aliphatic carbocycles. The van der Waals surface area contributed by atoms with Gasteiger partial charge < -0.3 is 0 Å². The van der Waals surface area contributed by atoms with Crippen LogP contribution in [0.4, 0.5) is 13.2 Å². The normalized spacial score (nSPS) is 11.9. The van der Waals surface area contributed by atoms with E-state index in [1.54, 1.807) is 22.7 Å². The number of hydrogen-bond donors (Lipinski definition) is 0. The number of aromatic nitrogens is 2. The molecule has 0 aliphatic rings. The molecular formula is C22H16ClF3N2. The molecule has 0 atom stereocenters. The van der Waals surface area contributed by atoms with Gasteiger partial charge in [0, 0.05) is 16.1 Å². The molecule has 28 heavy (non-hydrogen) atoms. The highest BCUT2D eigenvalue weighted by Gasteiger charge is 2.30. The van der Waals surface area contributed by atoms with Crippen LogP contribution >= 0.6 is 11.6 Å². The van der Waals surface area contributed by atoms with Crippen LogP contribution in [0.1, 0.15) is 16.8 Å². The van der Waals surface area contributed by atoms with E-state index in [0.29, 0.717) is 16.3 Å². The summed E-state index contributed by atoms with van der Waals surface area (Å²) < 4.78 is 41.1. The summed E-state index contributed by atoms with van der Waals surface area (Å²) in [4.78, 5) is 0. The van der Waals surface area contributed by atoms with E-state index in [1.807, 2.05) is 38.1 Å². The predicted molar refractivity (Wildman–Crippen MR) is 106 cm³/mol. The first-order chi connectivity index (χ1) is 13.2. The summed E-state index contributed by atoms with van der Waals surface area (Å²) >= 11 is 6.33. The number of hydrogen-bond acceptors (Lipinski definition) is 1. The van der Waals surface area contributed by atoms with Gasteiger partial charge in [0.2, 0.25) is 0 Å². The zero-order valence-corrected chi connectivity index (χ0v) is 15.9. The first-order valence-corrected chi connectivity index (χ1v) is 9.05. The van der Waals surface area contributed by atoms with Crippen LogP contribution in [0.3, 0.4) is 0 Å². The highest BCUT2D eigenvalue weighted by atomic mass is 35.5. The van der Waals surface area contributed by atoms with E-state index in [9.17, 15) is 13.2 Å². The standard InChI is InChI=1S/C22H16ClF3N2/c1-13-6-8-15(9-7-13)21-14(2)27-28-19(11-18(23)12-20(21)28)16-4-3-5-17(10-16)22(24,25)26/h3-12H,1-2H3. The van der Waals surface area contributed by atoms with Crippen LogP contribution in [0.2, 0.25) is 5.02 Å². The summed E-state index contributed by atoms with van der Waals surface area (Å²) in [5.41, 5.74) is 4.77. The maximum atomic E-state index is 13.2. The highest BCUT2D eigenvalue weighted by Crippen LogP contribution is 2.36. The van der Waals surface area contributed by atoms with E-state index in [2.05, 4.69) is 5.10 Å². The van der Waals surface area contributed by atoms with Crippen molar-refractivity contribution < 1.29 is 13.2 Å². The Labute approximate surface area is 165 Å². The molecule has 0 spiro atoms. The fraction of sp³-hybridized carbons (Fsp3) is 0.136. The van der Waals surface area contributed by atoms with Crippen molar-refractivity contribution in [2.45, 2.75) is 20.0 Å². The number of aryl methyl sites for hydroxylation is 2. The number of pyridine rings is 1. The Morgan fingerprint density at radius 1 is 0.893 bits per heavy atom. The molecule has 0 unspecified atom stereocenters. The zero-order valence-electron chi connectivity index (χ0n) is 15.2. The molecule has 0 saturated heterocycles. The molecule has 4 rings (SSSR count). The van der Waals surface area contributed by atoms with Crippen LogP contribution < -0.4 is 0 Å². The first kappa shape index (κ1) is 18.6. The van der Waals surface area contributed by atoms with E-state index in [0.717, 1.165) is 40.0 Å². The van der Waals surface area contributed by atoms with E-state index >= 15 is 0 Å². The summed E-state index contributed by atoms with van der Waals surface area (Å²) in [6, 6.07) is 16.6. The van der Waals surface area contributed by atoms with Gasteiger partial charge in [-0.2, -0.15) is 18.3 Å². The van der Waals surface area contributed by atoms with Gasteiger partial charge >= 0.3 is 6.18 Å². The van der Waals surface area contributed by atoms with Gasteiger partial charge in [-0.3, -0.25) is 0 Å². The van der Waals surface area contributed by atoms with Crippen LogP contribution in [0, 0.1) is 13.8 Å². The van der Waals surface area contributed by atoms with Gasteiger partial charge in [0.05, 0.1) is 22.5 Å². The molecule has 2 nitrogen and oxygen atoms in total. The third-order valence-corrected chi connectivity index (χ3v) is 4.92. The molecule has 6 heteroatoms. The molecule has 0 saturated carbocycles. The topological polar surface area (TPSA) is 17.3 Å². The summed E-state index contributed by atoms with van der Waals surface area (Å²) in [5.74, 6) is 0. The monoisotopic (exact) mass is 400 g/mol. The number of nitrogens with zero attached hydrogens (tertiary/aromatic N) is 2. The van der Waals surface area contributed by atoms with Crippen LogP contribution in [0.5, 0.6) is 0 Å². The second-order valence-electron chi connectivity index (χ2n) is 6.76. The first-order valence-electron chi connectivity index (χ1n) is 8.67. The molecule has 4 aromatic rings. The van der Waals surface area contributed by atoms with Crippen molar-refractivity contribution >= 4 is 17.1 Å². The highest BCUT2D eigenvalue weighted by molar-refractivity contribution is 6.31. The van der Waals surface area contributed by atoms with Crippen molar-refractivity contribution in [3.63, 3.8) is 0 Å². The summed E-state index contributed by atoms with van der Waals surface area (Å²) in [7, 11) is 0. The lowest BCUT2D eigenvalue weighted by atomic mass is 10.0. The number of rotatable bonds is 2. The number of benzene rings is 2. The lowest BCUT2D eigenvalue weighted by molar-refractivity contribution is -0.137. The Hall–Kier alpha value is -2.79. The van der Waals surface area contributed by atoms with Crippen LogP contribution in [0.25, 0.3) is 27.9 Å². The van der Waals surface area contributed by atoms with Gasteiger partial charge in [0.25, 0.3) is 0 Å². The quantitative estimate of drug-likeness (QED) is 0.355. The number of halogens is 4. The van der Waals surface area contributed by atoms with E-state index in [4.69, 9.17) is 11.6 Å². The third-order valence-electron chi connectivity index (χ3n) is 4.70. The number of fused-ring (bicyclic) bond motifs is 1. The smallest absolute Gasteiger partial charge is 0.232 e. The Kier molecular flexibility index (Phi) is 4.42. The third kappa shape index (κ3) is 3.27. The molecule has 2 aromatic carbocycles.